The van der Waals surface area contributed by atoms with Crippen molar-refractivity contribution in [1.82, 2.24) is 4.57 Å². The Kier molecular flexibility index (Phi) is 4.06. The van der Waals surface area contributed by atoms with E-state index in [4.69, 9.17) is 4.74 Å². The molecule has 2 aromatic carbocycles. The molecule has 0 saturated heterocycles. The van der Waals surface area contributed by atoms with Crippen molar-refractivity contribution in [2.24, 2.45) is 0 Å². The highest BCUT2D eigenvalue weighted by atomic mass is 32.1. The lowest BCUT2D eigenvalue weighted by molar-refractivity contribution is 0.176. The number of ether oxygens (including phenoxy) is 1. The summed E-state index contributed by atoms with van der Waals surface area (Å²) in [5.74, 6) is 0.395. The maximum absolute atomic E-state index is 15.0. The summed E-state index contributed by atoms with van der Waals surface area (Å²) in [5, 5.41) is 1.11. The van der Waals surface area contributed by atoms with E-state index in [0.29, 0.717) is 11.3 Å². The van der Waals surface area contributed by atoms with Crippen LogP contribution < -0.4 is 4.74 Å². The molecule has 2 aromatic heterocycles. The van der Waals surface area contributed by atoms with Gasteiger partial charge in [-0.1, -0.05) is 25.0 Å². The van der Waals surface area contributed by atoms with Crippen LogP contribution >= 0.6 is 11.3 Å². The standard InChI is InChI=1S/C24H22FNOS/c1-4-5-17-7-9-22(28-17)24-26-19-8-6-14(2)10-16(19)13-20(26)23-18(25)11-15(3)12-21(23)27-24/h6-13,24H,4-5H2,1-3H3. The van der Waals surface area contributed by atoms with Gasteiger partial charge in [0.15, 0.2) is 0 Å². The Morgan fingerprint density at radius 1 is 1.04 bits per heavy atom. The normalized spacial score (nSPS) is 15.4. The Morgan fingerprint density at radius 2 is 1.89 bits per heavy atom. The minimum absolute atomic E-state index is 0.230. The number of rotatable bonds is 3. The largest absolute Gasteiger partial charge is 0.464 e. The van der Waals surface area contributed by atoms with Gasteiger partial charge in [-0.25, -0.2) is 4.39 Å². The first-order valence-electron chi connectivity index (χ1n) is 9.72. The van der Waals surface area contributed by atoms with Crippen molar-refractivity contribution in [2.75, 3.05) is 0 Å². The summed E-state index contributed by atoms with van der Waals surface area (Å²) in [6.07, 6.45) is 1.91. The number of thiophene rings is 1. The molecule has 1 aliphatic heterocycles. The second-order valence-electron chi connectivity index (χ2n) is 7.61. The lowest BCUT2D eigenvalue weighted by Crippen LogP contribution is -2.22. The third-order valence-electron chi connectivity index (χ3n) is 5.34. The van der Waals surface area contributed by atoms with Gasteiger partial charge in [0.25, 0.3) is 0 Å². The van der Waals surface area contributed by atoms with Gasteiger partial charge in [-0.2, -0.15) is 0 Å². The van der Waals surface area contributed by atoms with Crippen LogP contribution in [0, 0.1) is 19.7 Å². The maximum atomic E-state index is 15.0. The van der Waals surface area contributed by atoms with E-state index in [1.54, 1.807) is 17.4 Å². The van der Waals surface area contributed by atoms with Gasteiger partial charge in [0, 0.05) is 10.3 Å². The van der Waals surface area contributed by atoms with Gasteiger partial charge in [0.2, 0.25) is 6.23 Å². The second kappa shape index (κ2) is 6.49. The summed E-state index contributed by atoms with van der Waals surface area (Å²) in [6.45, 7) is 6.18. The molecule has 0 aliphatic carbocycles. The van der Waals surface area contributed by atoms with Crippen LogP contribution in [0.25, 0.3) is 22.2 Å². The Hall–Kier alpha value is -2.59. The summed E-state index contributed by atoms with van der Waals surface area (Å²) in [5.41, 5.74) is 4.57. The monoisotopic (exact) mass is 391 g/mol. The molecule has 2 nitrogen and oxygen atoms in total. The molecular formula is C24H22FNOS. The van der Waals surface area contributed by atoms with E-state index >= 15 is 0 Å². The fraction of sp³-hybridized carbons (Fsp3) is 0.250. The highest BCUT2D eigenvalue weighted by Crippen LogP contribution is 2.46. The minimum atomic E-state index is -0.278. The number of halogens is 1. The van der Waals surface area contributed by atoms with Crippen molar-refractivity contribution in [3.8, 4) is 17.0 Å². The van der Waals surface area contributed by atoms with Gasteiger partial charge in [0.05, 0.1) is 21.7 Å². The number of fused-ring (bicyclic) bond motifs is 5. The van der Waals surface area contributed by atoms with Gasteiger partial charge in [-0.15, -0.1) is 11.3 Å². The molecule has 0 radical (unpaired) electrons. The van der Waals surface area contributed by atoms with Crippen LogP contribution in [0.2, 0.25) is 0 Å². The molecule has 0 spiro atoms. The number of nitrogens with zero attached hydrogens (tertiary/aromatic N) is 1. The van der Waals surface area contributed by atoms with Crippen LogP contribution in [0.4, 0.5) is 4.39 Å². The molecule has 28 heavy (non-hydrogen) atoms. The fourth-order valence-electron chi connectivity index (χ4n) is 4.12. The van der Waals surface area contributed by atoms with Crippen LogP contribution in [-0.2, 0) is 6.42 Å². The number of aryl methyl sites for hydroxylation is 3. The van der Waals surface area contributed by atoms with Crippen molar-refractivity contribution in [1.29, 1.82) is 0 Å². The first-order valence-corrected chi connectivity index (χ1v) is 10.5. The fourth-order valence-corrected chi connectivity index (χ4v) is 5.25. The first kappa shape index (κ1) is 17.5. The molecule has 0 fully saturated rings. The minimum Gasteiger partial charge on any atom is -0.464 e. The molecule has 0 N–H and O–H groups in total. The van der Waals surface area contributed by atoms with Crippen LogP contribution in [0.3, 0.4) is 0 Å². The molecule has 1 aliphatic rings. The van der Waals surface area contributed by atoms with Gasteiger partial charge in [-0.3, -0.25) is 4.57 Å². The summed E-state index contributed by atoms with van der Waals surface area (Å²) in [7, 11) is 0. The second-order valence-corrected chi connectivity index (χ2v) is 8.81. The molecule has 5 rings (SSSR count). The average Bonchev–Trinajstić information content (AvgIpc) is 3.24. The van der Waals surface area contributed by atoms with Crippen LogP contribution in [0.15, 0.2) is 48.5 Å². The summed E-state index contributed by atoms with van der Waals surface area (Å²) in [6, 6.07) is 16.3. The Bertz CT molecular complexity index is 1200. The Balaban J connectivity index is 1.78. The van der Waals surface area contributed by atoms with E-state index in [1.165, 1.54) is 10.4 Å². The van der Waals surface area contributed by atoms with E-state index < -0.39 is 0 Å². The summed E-state index contributed by atoms with van der Waals surface area (Å²) < 4.78 is 23.5. The number of benzene rings is 2. The zero-order chi connectivity index (χ0) is 19.4. The van der Waals surface area contributed by atoms with Crippen molar-refractivity contribution >= 4 is 22.2 Å². The van der Waals surface area contributed by atoms with Gasteiger partial charge in [-0.05, 0) is 68.3 Å². The van der Waals surface area contributed by atoms with E-state index in [-0.39, 0.29) is 12.0 Å². The van der Waals surface area contributed by atoms with Crippen LogP contribution in [-0.4, -0.2) is 4.57 Å². The number of hydrogen-bond donors (Lipinski definition) is 0. The van der Waals surface area contributed by atoms with Gasteiger partial charge >= 0.3 is 0 Å². The summed E-state index contributed by atoms with van der Waals surface area (Å²) >= 11 is 1.79. The Morgan fingerprint density at radius 3 is 2.71 bits per heavy atom. The Labute approximate surface area is 168 Å². The molecule has 0 saturated carbocycles. The quantitative estimate of drug-likeness (QED) is 0.366. The topological polar surface area (TPSA) is 14.2 Å². The molecular weight excluding hydrogens is 369 g/mol. The van der Waals surface area contributed by atoms with Crippen molar-refractivity contribution in [3.05, 3.63) is 75.2 Å². The van der Waals surface area contributed by atoms with Crippen molar-refractivity contribution < 1.29 is 9.13 Å². The van der Waals surface area contributed by atoms with E-state index in [0.717, 1.165) is 39.9 Å². The number of hydrogen-bond acceptors (Lipinski definition) is 2. The predicted molar refractivity (Wildman–Crippen MR) is 114 cm³/mol. The smallest absolute Gasteiger partial charge is 0.212 e. The zero-order valence-electron chi connectivity index (χ0n) is 16.3. The molecule has 1 atom stereocenters. The predicted octanol–water partition coefficient (Wildman–Crippen LogP) is 7.02. The van der Waals surface area contributed by atoms with Crippen LogP contribution in [0.1, 0.15) is 40.5 Å². The van der Waals surface area contributed by atoms with E-state index in [2.05, 4.69) is 54.8 Å². The lowest BCUT2D eigenvalue weighted by atomic mass is 10.1. The highest BCUT2D eigenvalue weighted by Gasteiger charge is 2.32. The molecule has 3 heterocycles. The van der Waals surface area contributed by atoms with Crippen LogP contribution in [0.5, 0.6) is 5.75 Å². The molecule has 0 bridgehead atoms. The van der Waals surface area contributed by atoms with E-state index in [1.807, 2.05) is 13.0 Å². The number of aromatic nitrogens is 1. The third-order valence-corrected chi connectivity index (χ3v) is 6.52. The lowest BCUT2D eigenvalue weighted by Gasteiger charge is -2.30. The molecule has 142 valence electrons. The average molecular weight is 392 g/mol. The van der Waals surface area contributed by atoms with Gasteiger partial charge < -0.3 is 4.74 Å². The van der Waals surface area contributed by atoms with Gasteiger partial charge in [0.1, 0.15) is 11.6 Å². The third kappa shape index (κ3) is 2.67. The van der Waals surface area contributed by atoms with Crippen molar-refractivity contribution in [3.63, 3.8) is 0 Å². The maximum Gasteiger partial charge on any atom is 0.212 e. The van der Waals surface area contributed by atoms with E-state index in [9.17, 15) is 4.39 Å². The zero-order valence-corrected chi connectivity index (χ0v) is 17.1. The highest BCUT2D eigenvalue weighted by molar-refractivity contribution is 7.12. The van der Waals surface area contributed by atoms with Crippen molar-refractivity contribution in [2.45, 2.75) is 39.8 Å². The summed E-state index contributed by atoms with van der Waals surface area (Å²) in [4.78, 5) is 2.51. The first-order chi connectivity index (χ1) is 13.5. The SMILES string of the molecule is CCCc1ccc(C2Oc3cc(C)cc(F)c3-c3cc4cc(C)ccc4n32)s1. The molecule has 4 aromatic rings. The molecule has 4 heteroatoms. The molecule has 1 unspecified atom stereocenters. The molecule has 0 amide bonds.